The lowest BCUT2D eigenvalue weighted by Gasteiger charge is -2.32. The highest BCUT2D eigenvalue weighted by atomic mass is 35.5. The number of carbonyl (C=O) groups is 2. The van der Waals surface area contributed by atoms with Gasteiger partial charge in [0.15, 0.2) is 5.69 Å². The molecule has 1 aliphatic rings. The number of likely N-dealkylation sites (tertiary alicyclic amines) is 1. The molecule has 2 heterocycles. The Morgan fingerprint density at radius 3 is 2.49 bits per heavy atom. The second kappa shape index (κ2) is 10.4. The fraction of sp³-hybridized carbons (Fsp3) is 0.207. The van der Waals surface area contributed by atoms with Crippen LogP contribution in [0.3, 0.4) is 0 Å². The molecule has 0 radical (unpaired) electrons. The van der Waals surface area contributed by atoms with Gasteiger partial charge in [-0.25, -0.2) is 0 Å². The van der Waals surface area contributed by atoms with Gasteiger partial charge in [0.1, 0.15) is 0 Å². The minimum Gasteiger partial charge on any atom is -0.339 e. The number of nitriles is 1. The average Bonchev–Trinajstić information content (AvgIpc) is 2.93. The Labute approximate surface area is 219 Å². The molecule has 2 amide bonds. The Balaban J connectivity index is 1.27. The molecule has 0 spiro atoms. The highest BCUT2D eigenvalue weighted by molar-refractivity contribution is 6.31. The third-order valence-electron chi connectivity index (χ3n) is 6.81. The molecule has 1 fully saturated rings. The number of rotatable bonds is 4. The van der Waals surface area contributed by atoms with E-state index in [0.29, 0.717) is 46.4 Å². The summed E-state index contributed by atoms with van der Waals surface area (Å²) >= 11 is 6.07. The topological polar surface area (TPSA) is 99.0 Å². The van der Waals surface area contributed by atoms with Crippen molar-refractivity contribution < 1.29 is 9.59 Å². The van der Waals surface area contributed by atoms with E-state index < -0.39 is 5.91 Å². The summed E-state index contributed by atoms with van der Waals surface area (Å²) in [7, 11) is 0. The van der Waals surface area contributed by atoms with Crippen LogP contribution in [-0.2, 0) is 0 Å². The Bertz CT molecular complexity index is 1540. The van der Waals surface area contributed by atoms with Crippen molar-refractivity contribution in [1.29, 1.82) is 5.26 Å². The third-order valence-corrected chi connectivity index (χ3v) is 7.04. The van der Waals surface area contributed by atoms with Gasteiger partial charge in [-0.2, -0.15) is 5.26 Å². The van der Waals surface area contributed by atoms with E-state index in [1.807, 2.05) is 42.2 Å². The van der Waals surface area contributed by atoms with Gasteiger partial charge in [-0.15, -0.1) is 10.2 Å². The normalized spacial score (nSPS) is 13.8. The largest absolute Gasteiger partial charge is 0.339 e. The summed E-state index contributed by atoms with van der Waals surface area (Å²) in [5.74, 6) is -0.109. The van der Waals surface area contributed by atoms with Crippen molar-refractivity contribution in [3.63, 3.8) is 0 Å². The van der Waals surface area contributed by atoms with Gasteiger partial charge in [-0.1, -0.05) is 29.8 Å². The molecule has 0 unspecified atom stereocenters. The van der Waals surface area contributed by atoms with Gasteiger partial charge in [-0.05, 0) is 85.3 Å². The molecule has 1 N–H and O–H groups in total. The van der Waals surface area contributed by atoms with E-state index in [9.17, 15) is 9.59 Å². The van der Waals surface area contributed by atoms with Gasteiger partial charge in [0.05, 0.1) is 17.1 Å². The molecular weight excluding hydrogens is 486 g/mol. The molecule has 0 atom stereocenters. The molecule has 0 bridgehead atoms. The number of aryl methyl sites for hydroxylation is 1. The van der Waals surface area contributed by atoms with Crippen LogP contribution in [-0.4, -0.2) is 40.0 Å². The lowest BCUT2D eigenvalue weighted by atomic mass is 9.89. The number of halogens is 1. The summed E-state index contributed by atoms with van der Waals surface area (Å²) in [6.07, 6.45) is 1.72. The van der Waals surface area contributed by atoms with Gasteiger partial charge in [0.25, 0.3) is 11.8 Å². The molecule has 8 heteroatoms. The molecule has 1 aliphatic heterocycles. The number of hydrogen-bond donors (Lipinski definition) is 1. The Morgan fingerprint density at radius 2 is 1.76 bits per heavy atom. The maximum atomic E-state index is 13.3. The second-order valence-electron chi connectivity index (χ2n) is 9.22. The Hall–Kier alpha value is -4.28. The average molecular weight is 510 g/mol. The van der Waals surface area contributed by atoms with Crippen molar-refractivity contribution in [2.24, 2.45) is 0 Å². The number of benzene rings is 3. The highest BCUT2D eigenvalue weighted by Gasteiger charge is 2.25. The lowest BCUT2D eigenvalue weighted by molar-refractivity contribution is 0.0712. The lowest BCUT2D eigenvalue weighted by Crippen LogP contribution is -2.38. The zero-order valence-corrected chi connectivity index (χ0v) is 21.0. The van der Waals surface area contributed by atoms with Crippen LogP contribution in [0.2, 0.25) is 5.02 Å². The van der Waals surface area contributed by atoms with Crippen molar-refractivity contribution in [3.05, 3.63) is 99.7 Å². The number of nitrogens with one attached hydrogen (secondary N) is 1. The highest BCUT2D eigenvalue weighted by Crippen LogP contribution is 2.29. The number of amides is 2. The van der Waals surface area contributed by atoms with E-state index in [0.717, 1.165) is 23.8 Å². The summed E-state index contributed by atoms with van der Waals surface area (Å²) in [4.78, 5) is 28.1. The summed E-state index contributed by atoms with van der Waals surface area (Å²) in [6, 6.07) is 22.0. The second-order valence-corrected chi connectivity index (χ2v) is 9.65. The van der Waals surface area contributed by atoms with Crippen LogP contribution in [0.5, 0.6) is 0 Å². The minimum absolute atomic E-state index is 0.0612. The van der Waals surface area contributed by atoms with Crippen LogP contribution >= 0.6 is 11.6 Å². The van der Waals surface area contributed by atoms with E-state index in [4.69, 9.17) is 16.9 Å². The van der Waals surface area contributed by atoms with Crippen molar-refractivity contribution in [2.75, 3.05) is 18.4 Å². The molecule has 1 saturated heterocycles. The predicted octanol–water partition coefficient (Wildman–Crippen LogP) is 5.74. The molecule has 5 rings (SSSR count). The smallest absolute Gasteiger partial charge is 0.276 e. The first kappa shape index (κ1) is 24.4. The maximum Gasteiger partial charge on any atom is 0.276 e. The van der Waals surface area contributed by atoms with Crippen molar-refractivity contribution in [1.82, 2.24) is 15.1 Å². The number of nitrogens with zero attached hydrogens (tertiary/aromatic N) is 4. The number of carbonyl (C=O) groups excluding carboxylic acids is 2. The molecular formula is C29H24ClN5O2. The van der Waals surface area contributed by atoms with Crippen LogP contribution < -0.4 is 5.32 Å². The minimum atomic E-state index is -0.412. The van der Waals surface area contributed by atoms with Crippen LogP contribution in [0.25, 0.3) is 10.9 Å². The van der Waals surface area contributed by atoms with E-state index in [-0.39, 0.29) is 11.6 Å². The zero-order valence-electron chi connectivity index (χ0n) is 20.2. The summed E-state index contributed by atoms with van der Waals surface area (Å²) in [6.45, 7) is 3.17. The first-order valence-corrected chi connectivity index (χ1v) is 12.4. The van der Waals surface area contributed by atoms with Gasteiger partial charge >= 0.3 is 0 Å². The van der Waals surface area contributed by atoms with Crippen LogP contribution in [0, 0.1) is 18.3 Å². The molecule has 7 nitrogen and oxygen atoms in total. The molecule has 37 heavy (non-hydrogen) atoms. The fourth-order valence-electron chi connectivity index (χ4n) is 4.63. The van der Waals surface area contributed by atoms with Crippen LogP contribution in [0.1, 0.15) is 56.3 Å². The summed E-state index contributed by atoms with van der Waals surface area (Å²) in [5, 5.41) is 21.3. The standard InChI is InChI=1S/C29H24ClN5O2/c1-18-2-5-22(29(37)35-12-10-21(11-13-35)20-6-3-19(17-31)4-7-20)15-26(18)32-28(36)27-16-23-14-24(30)8-9-25(23)33-34-27/h2-9,14-16,21H,10-13H2,1H3,(H,32,36). The zero-order chi connectivity index (χ0) is 25.9. The third kappa shape index (κ3) is 5.30. The number of fused-ring (bicyclic) bond motifs is 1. The van der Waals surface area contributed by atoms with Gasteiger partial charge in [-0.3, -0.25) is 9.59 Å². The van der Waals surface area contributed by atoms with E-state index in [2.05, 4.69) is 21.6 Å². The van der Waals surface area contributed by atoms with Crippen molar-refractivity contribution >= 4 is 40.0 Å². The van der Waals surface area contributed by atoms with E-state index in [1.54, 1.807) is 36.4 Å². The summed E-state index contributed by atoms with van der Waals surface area (Å²) in [5.41, 5.74) is 4.57. The SMILES string of the molecule is Cc1ccc(C(=O)N2CCC(c3ccc(C#N)cc3)CC2)cc1NC(=O)c1cc2cc(Cl)ccc2nn1. The fourth-order valence-corrected chi connectivity index (χ4v) is 4.81. The first-order chi connectivity index (χ1) is 17.9. The Morgan fingerprint density at radius 1 is 1.00 bits per heavy atom. The number of aromatic nitrogens is 2. The quantitative estimate of drug-likeness (QED) is 0.378. The van der Waals surface area contributed by atoms with Crippen molar-refractivity contribution in [2.45, 2.75) is 25.7 Å². The molecule has 3 aromatic carbocycles. The number of piperidine rings is 1. The molecule has 184 valence electrons. The molecule has 4 aromatic rings. The molecule has 0 saturated carbocycles. The van der Waals surface area contributed by atoms with Gasteiger partial charge in [0, 0.05) is 34.7 Å². The number of anilines is 1. The molecule has 0 aliphatic carbocycles. The summed E-state index contributed by atoms with van der Waals surface area (Å²) < 4.78 is 0. The van der Waals surface area contributed by atoms with Crippen LogP contribution in [0.15, 0.2) is 66.7 Å². The van der Waals surface area contributed by atoms with Crippen molar-refractivity contribution in [3.8, 4) is 6.07 Å². The van der Waals surface area contributed by atoms with Crippen LogP contribution in [0.4, 0.5) is 5.69 Å². The number of hydrogen-bond acceptors (Lipinski definition) is 5. The Kier molecular flexibility index (Phi) is 6.85. The van der Waals surface area contributed by atoms with E-state index >= 15 is 0 Å². The van der Waals surface area contributed by atoms with Gasteiger partial charge in [0.2, 0.25) is 0 Å². The van der Waals surface area contributed by atoms with E-state index in [1.165, 1.54) is 5.56 Å². The predicted molar refractivity (Wildman–Crippen MR) is 143 cm³/mol. The van der Waals surface area contributed by atoms with Gasteiger partial charge < -0.3 is 10.2 Å². The first-order valence-electron chi connectivity index (χ1n) is 12.1. The molecule has 1 aromatic heterocycles. The maximum absolute atomic E-state index is 13.3. The monoisotopic (exact) mass is 509 g/mol.